The summed E-state index contributed by atoms with van der Waals surface area (Å²) in [6.45, 7) is 0. The quantitative estimate of drug-likeness (QED) is 0.0881. The second-order valence-electron chi connectivity index (χ2n) is 9.07. The number of nitrogens with zero attached hydrogens (tertiary/aromatic N) is 1. The maximum Gasteiger partial charge on any atom is 0.223 e. The Hall–Kier alpha value is -4.91. The molecule has 0 saturated carbocycles. The summed E-state index contributed by atoms with van der Waals surface area (Å²) in [6.07, 6.45) is 6.44. The van der Waals surface area contributed by atoms with Crippen LogP contribution in [0.25, 0.3) is 33.3 Å². The largest absolute Gasteiger partial charge is 0.463 e. The highest BCUT2D eigenvalue weighted by Gasteiger charge is 2.18. The van der Waals surface area contributed by atoms with E-state index >= 15 is 0 Å². The van der Waals surface area contributed by atoms with E-state index in [-0.39, 0.29) is 22.3 Å². The van der Waals surface area contributed by atoms with E-state index in [0.717, 1.165) is 21.8 Å². The summed E-state index contributed by atoms with van der Waals surface area (Å²) in [5.74, 6) is 0.684. The third-order valence-electron chi connectivity index (χ3n) is 6.28. The number of benzene rings is 2. The van der Waals surface area contributed by atoms with Crippen molar-refractivity contribution in [2.45, 2.75) is 0 Å². The highest BCUT2D eigenvalue weighted by atomic mass is 79.9. The minimum atomic E-state index is -0.294. The molecular weight excluding hydrogens is 664 g/mol. The standard InChI is InChI=1S/C16H10N2O2S.C10H8N2OS.C6H5BrO2/c19-15(11-8-17-12-5-2-1-4-10(11)12)16-18-13(9-21-16)14-6-3-7-20-14;11-10(14)9(13)7-5-12-8-4-2-1-3-6(7)8;7-4-5(8)6-2-1-3-9-6/h1-9,17H;1-5,12H,(H2,11,14);1-3H,4H2. The highest BCUT2D eigenvalue weighted by molar-refractivity contribution is 9.09. The Bertz CT molecular complexity index is 2060. The third kappa shape index (κ3) is 6.83. The molecular formula is C32H23BrN4O5S2. The number of aromatic nitrogens is 3. The molecule has 0 radical (unpaired) electrons. The fraction of sp³-hybridized carbons (Fsp3) is 0.0312. The molecule has 0 aliphatic carbocycles. The molecule has 220 valence electrons. The van der Waals surface area contributed by atoms with Crippen LogP contribution in [0.4, 0.5) is 0 Å². The number of ketones is 3. The van der Waals surface area contributed by atoms with Crippen molar-refractivity contribution in [1.82, 2.24) is 15.0 Å². The first kappa shape index (κ1) is 30.5. The molecule has 0 unspecified atom stereocenters. The number of Topliss-reactive ketones (excluding diaryl/α,β-unsaturated/α-hetero) is 2. The summed E-state index contributed by atoms with van der Waals surface area (Å²) >= 11 is 9.00. The van der Waals surface area contributed by atoms with Crippen molar-refractivity contribution >= 4 is 83.6 Å². The first-order valence-electron chi connectivity index (χ1n) is 13.0. The van der Waals surface area contributed by atoms with Crippen LogP contribution in [0.2, 0.25) is 0 Å². The minimum absolute atomic E-state index is 0.0278. The van der Waals surface area contributed by atoms with Gasteiger partial charge in [-0.2, -0.15) is 0 Å². The number of fused-ring (bicyclic) bond motifs is 2. The number of alkyl halides is 1. The topological polar surface area (TPSA) is 148 Å². The Balaban J connectivity index is 0.000000144. The molecule has 5 aromatic heterocycles. The molecule has 7 aromatic rings. The lowest BCUT2D eigenvalue weighted by molar-refractivity contribution is 0.0991. The molecule has 2 aromatic carbocycles. The molecule has 5 heterocycles. The molecule has 9 nitrogen and oxygen atoms in total. The smallest absolute Gasteiger partial charge is 0.223 e. The maximum atomic E-state index is 12.6. The molecule has 0 saturated heterocycles. The SMILES string of the molecule is NC(=S)C(=O)c1c[nH]c2ccccc12.O=C(CBr)c1ccco1.O=C(c1nc(-c2ccco2)cs1)c1c[nH]c2ccccc12. The number of H-pyrrole nitrogens is 2. The van der Waals surface area contributed by atoms with Crippen LogP contribution in [0.1, 0.15) is 36.3 Å². The van der Waals surface area contributed by atoms with E-state index in [1.165, 1.54) is 17.6 Å². The summed E-state index contributed by atoms with van der Waals surface area (Å²) in [5, 5.41) is 4.38. The van der Waals surface area contributed by atoms with E-state index in [4.69, 9.17) is 14.6 Å². The number of thiazole rings is 1. The Morgan fingerprint density at radius 3 is 2.05 bits per heavy atom. The number of thiocarbonyl (C=S) groups is 1. The number of para-hydroxylation sites is 2. The first-order chi connectivity index (χ1) is 21.4. The van der Waals surface area contributed by atoms with Crippen LogP contribution >= 0.6 is 39.5 Å². The zero-order chi connectivity index (χ0) is 31.1. The van der Waals surface area contributed by atoms with E-state index in [1.807, 2.05) is 60.0 Å². The van der Waals surface area contributed by atoms with Gasteiger partial charge in [0.1, 0.15) is 10.7 Å². The molecule has 0 aliphatic heterocycles. The van der Waals surface area contributed by atoms with Crippen LogP contribution in [-0.4, -0.2) is 42.6 Å². The van der Waals surface area contributed by atoms with Gasteiger partial charge >= 0.3 is 0 Å². The van der Waals surface area contributed by atoms with Gasteiger partial charge < -0.3 is 24.5 Å². The van der Waals surface area contributed by atoms with E-state index in [0.29, 0.717) is 38.7 Å². The van der Waals surface area contributed by atoms with Crippen molar-refractivity contribution in [3.8, 4) is 11.5 Å². The number of carbonyl (C=O) groups is 3. The molecule has 4 N–H and O–H groups in total. The fourth-order valence-electron chi connectivity index (χ4n) is 4.19. The van der Waals surface area contributed by atoms with Gasteiger partial charge in [0.15, 0.2) is 16.5 Å². The van der Waals surface area contributed by atoms with E-state index in [1.54, 1.807) is 36.9 Å². The fourth-order valence-corrected chi connectivity index (χ4v) is 5.33. The third-order valence-corrected chi connectivity index (χ3v) is 7.82. The predicted molar refractivity (Wildman–Crippen MR) is 178 cm³/mol. The molecule has 0 spiro atoms. The van der Waals surface area contributed by atoms with Crippen LogP contribution < -0.4 is 5.73 Å². The molecule has 0 bridgehead atoms. The van der Waals surface area contributed by atoms with Crippen molar-refractivity contribution in [3.63, 3.8) is 0 Å². The monoisotopic (exact) mass is 686 g/mol. The number of nitrogens with two attached hydrogens (primary N) is 1. The Labute approximate surface area is 268 Å². The highest BCUT2D eigenvalue weighted by Crippen LogP contribution is 2.26. The van der Waals surface area contributed by atoms with Crippen LogP contribution in [-0.2, 0) is 0 Å². The molecule has 0 aliphatic rings. The van der Waals surface area contributed by atoms with Gasteiger partial charge in [-0.1, -0.05) is 64.5 Å². The summed E-state index contributed by atoms with van der Waals surface area (Å²) in [6, 6.07) is 22.2. The average Bonchev–Trinajstić information content (AvgIpc) is 3.89. The zero-order valence-electron chi connectivity index (χ0n) is 22.8. The van der Waals surface area contributed by atoms with Crippen LogP contribution in [0, 0.1) is 0 Å². The van der Waals surface area contributed by atoms with Gasteiger partial charge in [-0.25, -0.2) is 4.98 Å². The van der Waals surface area contributed by atoms with Gasteiger partial charge in [0.2, 0.25) is 17.3 Å². The number of rotatable bonds is 7. The summed E-state index contributed by atoms with van der Waals surface area (Å²) in [4.78, 5) is 45.2. The Morgan fingerprint density at radius 1 is 0.841 bits per heavy atom. The Morgan fingerprint density at radius 2 is 1.45 bits per heavy atom. The molecule has 44 heavy (non-hydrogen) atoms. The van der Waals surface area contributed by atoms with E-state index < -0.39 is 0 Å². The average molecular weight is 688 g/mol. The number of nitrogens with one attached hydrogen (secondary N) is 2. The van der Waals surface area contributed by atoms with Gasteiger partial charge in [-0.15, -0.1) is 11.3 Å². The lowest BCUT2D eigenvalue weighted by Crippen LogP contribution is -2.20. The first-order valence-corrected chi connectivity index (χ1v) is 15.4. The van der Waals surface area contributed by atoms with Gasteiger partial charge in [0.05, 0.1) is 29.0 Å². The van der Waals surface area contributed by atoms with Gasteiger partial charge in [0, 0.05) is 39.6 Å². The molecule has 12 heteroatoms. The zero-order valence-corrected chi connectivity index (χ0v) is 26.0. The van der Waals surface area contributed by atoms with Crippen molar-refractivity contribution in [2.24, 2.45) is 5.73 Å². The summed E-state index contributed by atoms with van der Waals surface area (Å²) in [5.41, 5.74) is 9.01. The second-order valence-corrected chi connectivity index (χ2v) is 10.9. The number of hydrogen-bond acceptors (Lipinski definition) is 8. The number of carbonyl (C=O) groups excluding carboxylic acids is 3. The predicted octanol–water partition coefficient (Wildman–Crippen LogP) is 7.61. The van der Waals surface area contributed by atoms with E-state index in [9.17, 15) is 14.4 Å². The number of aromatic amines is 2. The second kappa shape index (κ2) is 14.0. The Kier molecular flexibility index (Phi) is 9.75. The summed E-state index contributed by atoms with van der Waals surface area (Å²) in [7, 11) is 0. The lowest BCUT2D eigenvalue weighted by atomic mass is 10.1. The van der Waals surface area contributed by atoms with Gasteiger partial charge in [0.25, 0.3) is 0 Å². The van der Waals surface area contributed by atoms with Crippen LogP contribution in [0.3, 0.4) is 0 Å². The van der Waals surface area contributed by atoms with Gasteiger partial charge in [-0.3, -0.25) is 14.4 Å². The maximum absolute atomic E-state index is 12.6. The normalized spacial score (nSPS) is 10.5. The molecule has 7 rings (SSSR count). The van der Waals surface area contributed by atoms with Crippen molar-refractivity contribution in [1.29, 1.82) is 0 Å². The van der Waals surface area contributed by atoms with Crippen LogP contribution in [0.15, 0.2) is 112 Å². The minimum Gasteiger partial charge on any atom is -0.463 e. The molecule has 0 atom stereocenters. The lowest BCUT2D eigenvalue weighted by Gasteiger charge is -1.95. The van der Waals surface area contributed by atoms with Crippen LogP contribution in [0.5, 0.6) is 0 Å². The number of hydrogen-bond donors (Lipinski definition) is 3. The van der Waals surface area contributed by atoms with Gasteiger partial charge in [-0.05, 0) is 36.4 Å². The number of furan rings is 2. The van der Waals surface area contributed by atoms with Crippen molar-refractivity contribution < 1.29 is 23.2 Å². The van der Waals surface area contributed by atoms with Crippen molar-refractivity contribution in [3.05, 3.63) is 125 Å². The number of halogens is 1. The summed E-state index contributed by atoms with van der Waals surface area (Å²) < 4.78 is 10.1. The molecule has 0 amide bonds. The van der Waals surface area contributed by atoms with Crippen molar-refractivity contribution in [2.75, 3.05) is 5.33 Å². The molecule has 0 fully saturated rings. The van der Waals surface area contributed by atoms with E-state index in [2.05, 4.69) is 43.1 Å².